The van der Waals surface area contributed by atoms with Crippen LogP contribution in [0.4, 0.5) is 5.95 Å². The highest BCUT2D eigenvalue weighted by Gasteiger charge is 2.23. The van der Waals surface area contributed by atoms with E-state index in [1.54, 1.807) is 42.0 Å². The second-order valence-corrected chi connectivity index (χ2v) is 9.43. The van der Waals surface area contributed by atoms with E-state index < -0.39 is 5.91 Å². The number of aryl methyl sites for hydroxylation is 1. The molecule has 0 fully saturated rings. The molecule has 10 heteroatoms. The zero-order valence-corrected chi connectivity index (χ0v) is 22.3. The minimum Gasteiger partial charge on any atom is -0.454 e. The van der Waals surface area contributed by atoms with Crippen molar-refractivity contribution in [2.75, 3.05) is 38.9 Å². The van der Waals surface area contributed by atoms with Crippen molar-refractivity contribution >= 4 is 29.4 Å². The molecule has 0 bridgehead atoms. The van der Waals surface area contributed by atoms with Crippen molar-refractivity contribution in [3.8, 4) is 28.4 Å². The van der Waals surface area contributed by atoms with Crippen LogP contribution in [-0.2, 0) is 9.53 Å². The van der Waals surface area contributed by atoms with Crippen molar-refractivity contribution in [1.82, 2.24) is 14.5 Å². The van der Waals surface area contributed by atoms with E-state index in [0.29, 0.717) is 33.7 Å². The Bertz CT molecular complexity index is 1480. The molecule has 39 heavy (non-hydrogen) atoms. The van der Waals surface area contributed by atoms with E-state index in [0.717, 1.165) is 16.8 Å². The van der Waals surface area contributed by atoms with E-state index in [1.807, 2.05) is 49.5 Å². The molecule has 200 valence electrons. The average molecular weight is 547 g/mol. The molecule has 2 amide bonds. The Morgan fingerprint density at radius 3 is 2.54 bits per heavy atom. The normalized spacial score (nSPS) is 11.9. The highest BCUT2D eigenvalue weighted by atomic mass is 35.5. The lowest BCUT2D eigenvalue weighted by Gasteiger charge is -2.22. The predicted octanol–water partition coefficient (Wildman–Crippen LogP) is 4.96. The van der Waals surface area contributed by atoms with Gasteiger partial charge in [0.2, 0.25) is 18.6 Å². The van der Waals surface area contributed by atoms with Crippen molar-refractivity contribution in [1.29, 1.82) is 0 Å². The van der Waals surface area contributed by atoms with Gasteiger partial charge in [0.25, 0.3) is 5.91 Å². The van der Waals surface area contributed by atoms with Gasteiger partial charge in [-0.1, -0.05) is 41.4 Å². The van der Waals surface area contributed by atoms with E-state index in [9.17, 15) is 9.59 Å². The number of halogens is 1. The molecular weight excluding hydrogens is 520 g/mol. The summed E-state index contributed by atoms with van der Waals surface area (Å²) in [6.07, 6.45) is 1.85. The molecule has 4 aromatic rings. The summed E-state index contributed by atoms with van der Waals surface area (Å²) in [7, 11) is 1.54. The van der Waals surface area contributed by atoms with Crippen molar-refractivity contribution in [2.24, 2.45) is 0 Å². The lowest BCUT2D eigenvalue weighted by Crippen LogP contribution is -2.40. The number of fused-ring (bicyclic) bond motifs is 1. The summed E-state index contributed by atoms with van der Waals surface area (Å²) in [5.74, 6) is 0.668. The molecule has 0 aliphatic carbocycles. The summed E-state index contributed by atoms with van der Waals surface area (Å²) in [6, 6.07) is 20.1. The monoisotopic (exact) mass is 546 g/mol. The van der Waals surface area contributed by atoms with Crippen molar-refractivity contribution < 1.29 is 23.8 Å². The first-order chi connectivity index (χ1) is 18.9. The summed E-state index contributed by atoms with van der Waals surface area (Å²) >= 11 is 6.06. The fraction of sp³-hybridized carbons (Fsp3) is 0.207. The largest absolute Gasteiger partial charge is 0.454 e. The summed E-state index contributed by atoms with van der Waals surface area (Å²) in [5.41, 5.74) is 3.83. The molecule has 1 aliphatic heterocycles. The minimum atomic E-state index is -0.401. The SMILES string of the molecule is COCCN(CC(=O)Nc1nc(-c2ccc(Cl)cc2)cn1-c1ccc(C)cc1)C(=O)c1ccc2c(c1)OCO2. The Morgan fingerprint density at radius 1 is 1.05 bits per heavy atom. The van der Waals surface area contributed by atoms with E-state index in [-0.39, 0.29) is 32.4 Å². The number of hydrogen-bond donors (Lipinski definition) is 1. The van der Waals surface area contributed by atoms with Crippen LogP contribution in [-0.4, -0.2) is 59.9 Å². The van der Waals surface area contributed by atoms with Gasteiger partial charge in [0.1, 0.15) is 6.54 Å². The van der Waals surface area contributed by atoms with Gasteiger partial charge in [-0.2, -0.15) is 0 Å². The van der Waals surface area contributed by atoms with Crippen LogP contribution < -0.4 is 14.8 Å². The molecule has 0 saturated carbocycles. The number of anilines is 1. The highest BCUT2D eigenvalue weighted by Crippen LogP contribution is 2.33. The van der Waals surface area contributed by atoms with E-state index in [1.165, 1.54) is 4.90 Å². The zero-order chi connectivity index (χ0) is 27.4. The van der Waals surface area contributed by atoms with Crippen LogP contribution in [0.2, 0.25) is 5.02 Å². The first kappa shape index (κ1) is 26.3. The molecule has 0 spiro atoms. The zero-order valence-electron chi connectivity index (χ0n) is 21.5. The van der Waals surface area contributed by atoms with Crippen LogP contribution in [0.15, 0.2) is 72.9 Å². The number of carbonyl (C=O) groups excluding carboxylic acids is 2. The Kier molecular flexibility index (Phi) is 7.81. The van der Waals surface area contributed by atoms with Crippen LogP contribution in [0, 0.1) is 6.92 Å². The Hall–Kier alpha value is -4.34. The summed E-state index contributed by atoms with van der Waals surface area (Å²) < 4.78 is 17.7. The third kappa shape index (κ3) is 6.05. The maximum absolute atomic E-state index is 13.3. The number of imidazole rings is 1. The smallest absolute Gasteiger partial charge is 0.254 e. The van der Waals surface area contributed by atoms with E-state index >= 15 is 0 Å². The van der Waals surface area contributed by atoms with Crippen LogP contribution in [0.5, 0.6) is 11.5 Å². The number of carbonyl (C=O) groups is 2. The number of aromatic nitrogens is 2. The first-order valence-electron chi connectivity index (χ1n) is 12.3. The molecule has 0 unspecified atom stereocenters. The van der Waals surface area contributed by atoms with Crippen molar-refractivity contribution in [3.05, 3.63) is 89.1 Å². The standard InChI is InChI=1S/C29H27ClN4O5/c1-19-3-10-23(11-4-19)34-16-24(20-5-8-22(30)9-6-20)31-29(34)32-27(35)17-33(13-14-37-2)28(36)21-7-12-25-26(15-21)39-18-38-25/h3-12,15-16H,13-14,17-18H2,1-2H3,(H,31,32,35). The lowest BCUT2D eigenvalue weighted by molar-refractivity contribution is -0.117. The Labute approximate surface area is 230 Å². The van der Waals surface area contributed by atoms with Gasteiger partial charge in [0, 0.05) is 41.7 Å². The maximum atomic E-state index is 13.3. The second kappa shape index (κ2) is 11.6. The lowest BCUT2D eigenvalue weighted by atomic mass is 10.1. The van der Waals surface area contributed by atoms with Crippen LogP contribution >= 0.6 is 11.6 Å². The van der Waals surface area contributed by atoms with Crippen molar-refractivity contribution in [2.45, 2.75) is 6.92 Å². The molecule has 0 atom stereocenters. The highest BCUT2D eigenvalue weighted by molar-refractivity contribution is 6.30. The van der Waals surface area contributed by atoms with Gasteiger partial charge in [0.05, 0.1) is 12.3 Å². The first-order valence-corrected chi connectivity index (χ1v) is 12.7. The molecule has 9 nitrogen and oxygen atoms in total. The third-order valence-corrected chi connectivity index (χ3v) is 6.47. The average Bonchev–Trinajstić information content (AvgIpc) is 3.58. The molecule has 1 aliphatic rings. The van der Waals surface area contributed by atoms with Crippen LogP contribution in [0.25, 0.3) is 16.9 Å². The number of benzene rings is 3. The van der Waals surface area contributed by atoms with E-state index in [2.05, 4.69) is 5.32 Å². The van der Waals surface area contributed by atoms with Gasteiger partial charge in [-0.15, -0.1) is 0 Å². The molecular formula is C29H27ClN4O5. The van der Waals surface area contributed by atoms with Crippen LogP contribution in [0.1, 0.15) is 15.9 Å². The van der Waals surface area contributed by atoms with E-state index in [4.69, 9.17) is 30.8 Å². The topological polar surface area (TPSA) is 94.9 Å². The predicted molar refractivity (Wildman–Crippen MR) is 148 cm³/mol. The molecule has 3 aromatic carbocycles. The molecule has 1 aromatic heterocycles. The Morgan fingerprint density at radius 2 is 1.79 bits per heavy atom. The minimum absolute atomic E-state index is 0.106. The third-order valence-electron chi connectivity index (χ3n) is 6.22. The number of rotatable bonds is 9. The van der Waals surface area contributed by atoms with Gasteiger partial charge in [-0.25, -0.2) is 4.98 Å². The van der Waals surface area contributed by atoms with Crippen LogP contribution in [0.3, 0.4) is 0 Å². The second-order valence-electron chi connectivity index (χ2n) is 9.00. The molecule has 2 heterocycles. The number of hydrogen-bond acceptors (Lipinski definition) is 6. The number of nitrogens with zero attached hydrogens (tertiary/aromatic N) is 3. The van der Waals surface area contributed by atoms with Gasteiger partial charge < -0.3 is 19.1 Å². The quantitative estimate of drug-likeness (QED) is 0.319. The molecule has 0 saturated heterocycles. The summed E-state index contributed by atoms with van der Waals surface area (Å²) in [4.78, 5) is 32.7. The number of nitrogens with one attached hydrogen (secondary N) is 1. The van der Waals surface area contributed by atoms with Gasteiger partial charge >= 0.3 is 0 Å². The summed E-state index contributed by atoms with van der Waals surface area (Å²) in [5, 5.41) is 3.51. The number of ether oxygens (including phenoxy) is 3. The van der Waals surface area contributed by atoms with Gasteiger partial charge in [-0.3, -0.25) is 19.5 Å². The van der Waals surface area contributed by atoms with Crippen molar-refractivity contribution in [3.63, 3.8) is 0 Å². The maximum Gasteiger partial charge on any atom is 0.254 e. The summed E-state index contributed by atoms with van der Waals surface area (Å²) in [6.45, 7) is 2.40. The fourth-order valence-electron chi connectivity index (χ4n) is 4.13. The number of methoxy groups -OCH3 is 1. The molecule has 0 radical (unpaired) electrons. The van der Waals surface area contributed by atoms with Gasteiger partial charge in [-0.05, 0) is 49.4 Å². The van der Waals surface area contributed by atoms with Gasteiger partial charge in [0.15, 0.2) is 11.5 Å². The fourth-order valence-corrected chi connectivity index (χ4v) is 4.26. The number of amides is 2. The Balaban J connectivity index is 1.39. The molecule has 5 rings (SSSR count). The molecule has 1 N–H and O–H groups in total.